The highest BCUT2D eigenvalue weighted by molar-refractivity contribution is 5.81. The molecule has 6 heterocycles. The minimum Gasteiger partial charge on any atom is -0.381 e. The highest BCUT2D eigenvalue weighted by atomic mass is 16.5. The van der Waals surface area contributed by atoms with Gasteiger partial charge in [-0.05, 0) is 51.2 Å². The van der Waals surface area contributed by atoms with Gasteiger partial charge in [-0.2, -0.15) is 10.2 Å². The van der Waals surface area contributed by atoms with Crippen LogP contribution in [0.15, 0.2) is 43.0 Å². The highest BCUT2D eigenvalue weighted by Gasteiger charge is 2.26. The zero-order chi connectivity index (χ0) is 26.2. The van der Waals surface area contributed by atoms with Crippen LogP contribution in [0.2, 0.25) is 0 Å². The van der Waals surface area contributed by atoms with E-state index in [2.05, 4.69) is 53.0 Å². The number of pyridine rings is 2. The van der Waals surface area contributed by atoms with Crippen molar-refractivity contribution in [3.05, 3.63) is 43.0 Å². The van der Waals surface area contributed by atoms with Crippen molar-refractivity contribution in [3.8, 4) is 11.1 Å². The first kappa shape index (κ1) is 24.8. The predicted molar refractivity (Wildman–Crippen MR) is 150 cm³/mol. The lowest BCUT2D eigenvalue weighted by atomic mass is 9.95. The van der Waals surface area contributed by atoms with Crippen molar-refractivity contribution in [2.45, 2.75) is 58.2 Å². The van der Waals surface area contributed by atoms with Gasteiger partial charge in [-0.3, -0.25) is 4.68 Å². The number of nitrogens with one attached hydrogen (secondary N) is 1. The van der Waals surface area contributed by atoms with Crippen molar-refractivity contribution in [3.63, 3.8) is 0 Å². The maximum atomic E-state index is 6.47. The van der Waals surface area contributed by atoms with E-state index >= 15 is 0 Å². The van der Waals surface area contributed by atoms with Crippen LogP contribution in [0.1, 0.15) is 52.1 Å². The second-order valence-corrected chi connectivity index (χ2v) is 11.1. The summed E-state index contributed by atoms with van der Waals surface area (Å²) in [5.74, 6) is 2.00. The number of rotatable bonds is 6. The molecule has 0 radical (unpaired) electrons. The molecule has 2 saturated heterocycles. The first-order chi connectivity index (χ1) is 18.4. The Hall–Kier alpha value is -3.50. The SMILES string of the molecule is CC(C)n1ncc2ccc(Nc3cc(N4C[C@@H](C)C[C@H](N)C4)c(-c4cnn(C5CCOCC5)c4)cn3)nc21. The standard InChI is InChI=1S/C28H37N9O/c1-18(2)37-28-20(12-32-37)4-5-26(34-28)33-27-11-25(35-15-19(3)10-22(29)17-35)24(14-30-27)21-13-31-36(16-21)23-6-8-38-9-7-23/h4-5,11-14,16,18-19,22-23H,6-10,15,17,29H2,1-3H3,(H,30,33,34)/t19-,22-/m0/s1. The summed E-state index contributed by atoms with van der Waals surface area (Å²) < 4.78 is 9.58. The van der Waals surface area contributed by atoms with Gasteiger partial charge in [0.05, 0.1) is 18.4 Å². The quantitative estimate of drug-likeness (QED) is 0.385. The number of aromatic nitrogens is 6. The lowest BCUT2D eigenvalue weighted by Crippen LogP contribution is -2.46. The van der Waals surface area contributed by atoms with Crippen molar-refractivity contribution < 1.29 is 4.74 Å². The normalized spacial score (nSPS) is 20.9. The molecular weight excluding hydrogens is 478 g/mol. The maximum Gasteiger partial charge on any atom is 0.160 e. The number of anilines is 3. The summed E-state index contributed by atoms with van der Waals surface area (Å²) in [5, 5.41) is 13.7. The van der Waals surface area contributed by atoms with Gasteiger partial charge in [0.25, 0.3) is 0 Å². The molecule has 0 saturated carbocycles. The topological polar surface area (TPSA) is 112 Å². The molecule has 6 rings (SSSR count). The van der Waals surface area contributed by atoms with Gasteiger partial charge in [-0.25, -0.2) is 14.6 Å². The Balaban J connectivity index is 1.34. The molecule has 0 aromatic carbocycles. The molecule has 4 aromatic rings. The summed E-state index contributed by atoms with van der Waals surface area (Å²) in [4.78, 5) is 12.0. The van der Waals surface area contributed by atoms with Crippen LogP contribution in [0.4, 0.5) is 17.3 Å². The molecule has 3 N–H and O–H groups in total. The van der Waals surface area contributed by atoms with Gasteiger partial charge >= 0.3 is 0 Å². The summed E-state index contributed by atoms with van der Waals surface area (Å²) in [7, 11) is 0. The van der Waals surface area contributed by atoms with E-state index in [9.17, 15) is 0 Å². The Morgan fingerprint density at radius 2 is 1.89 bits per heavy atom. The number of ether oxygens (including phenoxy) is 1. The van der Waals surface area contributed by atoms with E-state index in [0.29, 0.717) is 12.0 Å². The molecule has 2 fully saturated rings. The van der Waals surface area contributed by atoms with Crippen molar-refractivity contribution in [1.82, 2.24) is 29.5 Å². The molecule has 0 unspecified atom stereocenters. The Bertz CT molecular complexity index is 1390. The zero-order valence-corrected chi connectivity index (χ0v) is 22.4. The predicted octanol–water partition coefficient (Wildman–Crippen LogP) is 4.54. The van der Waals surface area contributed by atoms with Crippen molar-refractivity contribution in [1.29, 1.82) is 0 Å². The van der Waals surface area contributed by atoms with E-state index in [1.165, 1.54) is 0 Å². The van der Waals surface area contributed by atoms with Crippen LogP contribution in [-0.2, 0) is 4.74 Å². The van der Waals surface area contributed by atoms with Gasteiger partial charge in [-0.15, -0.1) is 0 Å². The molecule has 38 heavy (non-hydrogen) atoms. The van der Waals surface area contributed by atoms with Crippen LogP contribution in [0, 0.1) is 5.92 Å². The molecule has 0 aliphatic carbocycles. The smallest absolute Gasteiger partial charge is 0.160 e. The Morgan fingerprint density at radius 1 is 1.05 bits per heavy atom. The number of fused-ring (bicyclic) bond motifs is 1. The monoisotopic (exact) mass is 515 g/mol. The van der Waals surface area contributed by atoms with Crippen molar-refractivity contribution in [2.24, 2.45) is 11.7 Å². The molecule has 2 aliphatic heterocycles. The Kier molecular flexibility index (Phi) is 6.75. The lowest BCUT2D eigenvalue weighted by molar-refractivity contribution is 0.0662. The first-order valence-electron chi connectivity index (χ1n) is 13.7. The molecule has 2 atom stereocenters. The Morgan fingerprint density at radius 3 is 2.68 bits per heavy atom. The molecule has 4 aromatic heterocycles. The third kappa shape index (κ3) is 4.98. The van der Waals surface area contributed by atoms with E-state index in [-0.39, 0.29) is 12.1 Å². The maximum absolute atomic E-state index is 6.47. The van der Waals surface area contributed by atoms with Gasteiger partial charge in [0, 0.05) is 79.0 Å². The Labute approximate surface area is 223 Å². The number of hydrogen-bond donors (Lipinski definition) is 2. The molecule has 2 aliphatic rings. The van der Waals surface area contributed by atoms with Gasteiger partial charge in [0.2, 0.25) is 0 Å². The van der Waals surface area contributed by atoms with E-state index in [4.69, 9.17) is 25.5 Å². The second-order valence-electron chi connectivity index (χ2n) is 11.1. The molecule has 0 spiro atoms. The van der Waals surface area contributed by atoms with Gasteiger partial charge in [0.1, 0.15) is 11.6 Å². The number of nitrogens with two attached hydrogens (primary N) is 1. The fourth-order valence-electron chi connectivity index (χ4n) is 5.72. The summed E-state index contributed by atoms with van der Waals surface area (Å²) >= 11 is 0. The van der Waals surface area contributed by atoms with Gasteiger partial charge in [-0.1, -0.05) is 6.92 Å². The second kappa shape index (κ2) is 10.3. The van der Waals surface area contributed by atoms with Crippen LogP contribution in [0.3, 0.4) is 0 Å². The molecule has 10 heteroatoms. The summed E-state index contributed by atoms with van der Waals surface area (Å²) in [6.45, 7) is 9.82. The summed E-state index contributed by atoms with van der Waals surface area (Å²) in [5.41, 5.74) is 10.6. The molecule has 0 bridgehead atoms. The minimum absolute atomic E-state index is 0.140. The summed E-state index contributed by atoms with van der Waals surface area (Å²) in [6, 6.07) is 6.88. The molecule has 10 nitrogen and oxygen atoms in total. The molecule has 0 amide bonds. The van der Waals surface area contributed by atoms with Crippen LogP contribution in [0.25, 0.3) is 22.2 Å². The van der Waals surface area contributed by atoms with E-state index in [0.717, 1.165) is 85.0 Å². The number of nitrogens with zero attached hydrogens (tertiary/aromatic N) is 7. The minimum atomic E-state index is 0.140. The summed E-state index contributed by atoms with van der Waals surface area (Å²) in [6.07, 6.45) is 10.9. The largest absolute Gasteiger partial charge is 0.381 e. The van der Waals surface area contributed by atoms with Crippen molar-refractivity contribution in [2.75, 3.05) is 36.5 Å². The zero-order valence-electron chi connectivity index (χ0n) is 22.4. The highest BCUT2D eigenvalue weighted by Crippen LogP contribution is 2.36. The molecule has 200 valence electrons. The fourth-order valence-corrected chi connectivity index (χ4v) is 5.72. The number of piperidine rings is 1. The van der Waals surface area contributed by atoms with E-state index in [1.807, 2.05) is 35.4 Å². The fraction of sp³-hybridized carbons (Fsp3) is 0.500. The van der Waals surface area contributed by atoms with Gasteiger partial charge in [0.15, 0.2) is 5.65 Å². The van der Waals surface area contributed by atoms with Crippen molar-refractivity contribution >= 4 is 28.4 Å². The average Bonchev–Trinajstić information content (AvgIpc) is 3.56. The average molecular weight is 516 g/mol. The number of hydrogen-bond acceptors (Lipinski definition) is 8. The van der Waals surface area contributed by atoms with Crippen LogP contribution in [0.5, 0.6) is 0 Å². The third-order valence-electron chi connectivity index (χ3n) is 7.58. The van der Waals surface area contributed by atoms with E-state index in [1.54, 1.807) is 0 Å². The van der Waals surface area contributed by atoms with Crippen LogP contribution >= 0.6 is 0 Å². The van der Waals surface area contributed by atoms with Gasteiger partial charge < -0.3 is 20.7 Å². The van der Waals surface area contributed by atoms with Crippen LogP contribution in [-0.4, -0.2) is 61.9 Å². The third-order valence-corrected chi connectivity index (χ3v) is 7.58. The lowest BCUT2D eigenvalue weighted by Gasteiger charge is -2.37. The molecular formula is C28H37N9O. The first-order valence-corrected chi connectivity index (χ1v) is 13.7. The van der Waals surface area contributed by atoms with E-state index < -0.39 is 0 Å². The van der Waals surface area contributed by atoms with Crippen LogP contribution < -0.4 is 16.0 Å².